The van der Waals surface area contributed by atoms with Crippen molar-refractivity contribution in [3.05, 3.63) is 34.4 Å². The second-order valence-corrected chi connectivity index (χ2v) is 4.60. The molecule has 0 aliphatic carbocycles. The van der Waals surface area contributed by atoms with E-state index >= 15 is 0 Å². The quantitative estimate of drug-likeness (QED) is 0.927. The number of hydrogen-bond donors (Lipinski definition) is 1. The minimum atomic E-state index is -0.914. The molecule has 1 N–H and O–H groups in total. The van der Waals surface area contributed by atoms with Crippen LogP contribution in [-0.2, 0) is 11.2 Å². The number of rotatable bonds is 2. The number of fused-ring (bicyclic) bond motifs is 1. The monoisotopic (exact) mass is 295 g/mol. The number of nitrogens with zero attached hydrogens (tertiary/aromatic N) is 1. The van der Waals surface area contributed by atoms with E-state index in [2.05, 4.69) is 15.9 Å². The molecule has 2 rings (SSSR count). The van der Waals surface area contributed by atoms with Crippen LogP contribution in [0.15, 0.2) is 28.9 Å². The Balaban J connectivity index is 2.75. The van der Waals surface area contributed by atoms with Crippen molar-refractivity contribution >= 4 is 38.7 Å². The van der Waals surface area contributed by atoms with E-state index in [0.717, 1.165) is 15.4 Å². The molecule has 0 radical (unpaired) electrons. The summed E-state index contributed by atoms with van der Waals surface area (Å²) in [4.78, 5) is 22.3. The molecular formula is C12H10BrNO3. The summed E-state index contributed by atoms with van der Waals surface area (Å²) in [5.41, 5.74) is 1.36. The SMILES string of the molecule is CC(=O)n1cc(CC(=O)O)c2c(Br)cccc21. The molecule has 4 nitrogen and oxygen atoms in total. The third-order valence-electron chi connectivity index (χ3n) is 2.54. The molecule has 88 valence electrons. The van der Waals surface area contributed by atoms with Crippen molar-refractivity contribution in [2.75, 3.05) is 0 Å². The van der Waals surface area contributed by atoms with Crippen molar-refractivity contribution in [1.29, 1.82) is 0 Å². The van der Waals surface area contributed by atoms with Gasteiger partial charge in [-0.2, -0.15) is 0 Å². The zero-order valence-electron chi connectivity index (χ0n) is 9.11. The maximum Gasteiger partial charge on any atom is 0.307 e. The number of carbonyl (C=O) groups is 2. The molecule has 0 fully saturated rings. The fraction of sp³-hybridized carbons (Fsp3) is 0.167. The molecule has 0 aliphatic heterocycles. The molecule has 0 aliphatic rings. The van der Waals surface area contributed by atoms with Crippen molar-refractivity contribution in [3.8, 4) is 0 Å². The molecule has 1 aromatic heterocycles. The van der Waals surface area contributed by atoms with E-state index in [1.807, 2.05) is 12.1 Å². The predicted octanol–water partition coefficient (Wildman–Crippen LogP) is 2.69. The molecule has 1 heterocycles. The molecule has 1 aromatic carbocycles. The first-order valence-electron chi connectivity index (χ1n) is 5.02. The highest BCUT2D eigenvalue weighted by molar-refractivity contribution is 9.10. The Kier molecular flexibility index (Phi) is 3.02. The molecular weight excluding hydrogens is 286 g/mol. The topological polar surface area (TPSA) is 59.3 Å². The van der Waals surface area contributed by atoms with Crippen LogP contribution in [0, 0.1) is 0 Å². The van der Waals surface area contributed by atoms with Gasteiger partial charge in [0, 0.05) is 23.0 Å². The van der Waals surface area contributed by atoms with Gasteiger partial charge >= 0.3 is 5.97 Å². The lowest BCUT2D eigenvalue weighted by Gasteiger charge is -1.99. The summed E-state index contributed by atoms with van der Waals surface area (Å²) in [7, 11) is 0. The van der Waals surface area contributed by atoms with Crippen LogP contribution >= 0.6 is 15.9 Å². The Labute approximate surface area is 106 Å². The molecule has 0 atom stereocenters. The minimum Gasteiger partial charge on any atom is -0.481 e. The van der Waals surface area contributed by atoms with Gasteiger partial charge in [-0.25, -0.2) is 0 Å². The Hall–Kier alpha value is -1.62. The summed E-state index contributed by atoms with van der Waals surface area (Å²) in [6, 6.07) is 5.45. The molecule has 0 amide bonds. The molecule has 2 aromatic rings. The smallest absolute Gasteiger partial charge is 0.307 e. The van der Waals surface area contributed by atoms with E-state index in [-0.39, 0.29) is 12.3 Å². The van der Waals surface area contributed by atoms with Crippen molar-refractivity contribution in [2.45, 2.75) is 13.3 Å². The van der Waals surface area contributed by atoms with Gasteiger partial charge < -0.3 is 5.11 Å². The van der Waals surface area contributed by atoms with Crippen LogP contribution in [0.5, 0.6) is 0 Å². The molecule has 17 heavy (non-hydrogen) atoms. The molecule has 0 saturated heterocycles. The average molecular weight is 296 g/mol. The number of halogens is 1. The van der Waals surface area contributed by atoms with Gasteiger partial charge in [-0.05, 0) is 17.7 Å². The van der Waals surface area contributed by atoms with Gasteiger partial charge in [-0.15, -0.1) is 0 Å². The van der Waals surface area contributed by atoms with E-state index in [4.69, 9.17) is 5.11 Å². The lowest BCUT2D eigenvalue weighted by molar-refractivity contribution is -0.136. The summed E-state index contributed by atoms with van der Waals surface area (Å²) in [5, 5.41) is 9.64. The van der Waals surface area contributed by atoms with Crippen molar-refractivity contribution in [1.82, 2.24) is 4.57 Å². The van der Waals surface area contributed by atoms with Crippen LogP contribution in [0.1, 0.15) is 17.3 Å². The number of carboxylic acids is 1. The summed E-state index contributed by atoms with van der Waals surface area (Å²) in [6.45, 7) is 1.45. The maximum atomic E-state index is 11.5. The van der Waals surface area contributed by atoms with Crippen LogP contribution in [0.2, 0.25) is 0 Å². The summed E-state index contributed by atoms with van der Waals surface area (Å²) in [6.07, 6.45) is 1.49. The zero-order valence-corrected chi connectivity index (χ0v) is 10.7. The number of benzene rings is 1. The largest absolute Gasteiger partial charge is 0.481 e. The Morgan fingerprint density at radius 3 is 2.71 bits per heavy atom. The number of carboxylic acid groups (broad SMARTS) is 1. The number of aliphatic carboxylic acids is 1. The zero-order chi connectivity index (χ0) is 12.6. The van der Waals surface area contributed by atoms with Crippen molar-refractivity contribution in [3.63, 3.8) is 0 Å². The van der Waals surface area contributed by atoms with Gasteiger partial charge in [0.15, 0.2) is 0 Å². The summed E-state index contributed by atoms with van der Waals surface area (Å²) < 4.78 is 2.27. The van der Waals surface area contributed by atoms with Gasteiger partial charge in [0.1, 0.15) is 0 Å². The third kappa shape index (κ3) is 2.10. The maximum absolute atomic E-state index is 11.5. The highest BCUT2D eigenvalue weighted by Gasteiger charge is 2.15. The highest BCUT2D eigenvalue weighted by Crippen LogP contribution is 2.29. The van der Waals surface area contributed by atoms with Crippen LogP contribution in [0.4, 0.5) is 0 Å². The van der Waals surface area contributed by atoms with E-state index in [1.165, 1.54) is 11.5 Å². The van der Waals surface area contributed by atoms with Crippen molar-refractivity contribution in [2.24, 2.45) is 0 Å². The normalized spacial score (nSPS) is 10.7. The van der Waals surface area contributed by atoms with Crippen LogP contribution < -0.4 is 0 Å². The number of aromatic nitrogens is 1. The van der Waals surface area contributed by atoms with Gasteiger partial charge in [0.05, 0.1) is 11.9 Å². The van der Waals surface area contributed by atoms with E-state index in [1.54, 1.807) is 12.3 Å². The lowest BCUT2D eigenvalue weighted by Crippen LogP contribution is -2.03. The minimum absolute atomic E-state index is 0.0978. The number of hydrogen-bond acceptors (Lipinski definition) is 2. The molecule has 0 saturated carbocycles. The Morgan fingerprint density at radius 1 is 1.41 bits per heavy atom. The van der Waals surface area contributed by atoms with Crippen LogP contribution in [-0.4, -0.2) is 21.6 Å². The van der Waals surface area contributed by atoms with Crippen molar-refractivity contribution < 1.29 is 14.7 Å². The van der Waals surface area contributed by atoms with E-state index < -0.39 is 5.97 Å². The van der Waals surface area contributed by atoms with Gasteiger partial charge in [-0.3, -0.25) is 14.2 Å². The number of carbonyl (C=O) groups excluding carboxylic acids is 1. The Morgan fingerprint density at radius 2 is 2.12 bits per heavy atom. The van der Waals surface area contributed by atoms with Crippen LogP contribution in [0.3, 0.4) is 0 Å². The first kappa shape index (κ1) is 11.9. The highest BCUT2D eigenvalue weighted by atomic mass is 79.9. The molecule has 0 spiro atoms. The molecule has 5 heteroatoms. The standard InChI is InChI=1S/C12H10BrNO3/c1-7(15)14-6-8(5-11(16)17)12-9(13)3-2-4-10(12)14/h2-4,6H,5H2,1H3,(H,16,17). The third-order valence-corrected chi connectivity index (χ3v) is 3.20. The predicted molar refractivity (Wildman–Crippen MR) is 67.3 cm³/mol. The second kappa shape index (κ2) is 4.33. The van der Waals surface area contributed by atoms with Crippen LogP contribution in [0.25, 0.3) is 10.9 Å². The molecule has 0 unspecified atom stereocenters. The fourth-order valence-electron chi connectivity index (χ4n) is 1.88. The summed E-state index contributed by atoms with van der Waals surface area (Å²) in [5.74, 6) is -1.05. The second-order valence-electron chi connectivity index (χ2n) is 3.75. The summed E-state index contributed by atoms with van der Waals surface area (Å²) >= 11 is 3.38. The Bertz CT molecular complexity index is 615. The fourth-order valence-corrected chi connectivity index (χ4v) is 2.49. The van der Waals surface area contributed by atoms with E-state index in [9.17, 15) is 9.59 Å². The van der Waals surface area contributed by atoms with E-state index in [0.29, 0.717) is 5.56 Å². The van der Waals surface area contributed by atoms with Gasteiger partial charge in [-0.1, -0.05) is 22.0 Å². The lowest BCUT2D eigenvalue weighted by atomic mass is 10.1. The van der Waals surface area contributed by atoms with Gasteiger partial charge in [0.2, 0.25) is 5.91 Å². The average Bonchev–Trinajstić information content (AvgIpc) is 2.57. The first-order chi connectivity index (χ1) is 8.00. The van der Waals surface area contributed by atoms with Gasteiger partial charge in [0.25, 0.3) is 0 Å². The molecule has 0 bridgehead atoms. The first-order valence-corrected chi connectivity index (χ1v) is 5.81.